The van der Waals surface area contributed by atoms with E-state index in [1.54, 1.807) is 0 Å². The van der Waals surface area contributed by atoms with Crippen LogP contribution in [0.25, 0.3) is 21.9 Å². The molecule has 2 heterocycles. The van der Waals surface area contributed by atoms with Crippen LogP contribution >= 0.6 is 0 Å². The van der Waals surface area contributed by atoms with E-state index in [2.05, 4.69) is 28.4 Å². The molecule has 3 aromatic rings. The molecule has 0 spiro atoms. The van der Waals surface area contributed by atoms with E-state index in [1.165, 1.54) is 0 Å². The predicted molar refractivity (Wildman–Crippen MR) is 91.6 cm³/mol. The first-order chi connectivity index (χ1) is 11.5. The smallest absolute Gasteiger partial charge is 0.329 e. The van der Waals surface area contributed by atoms with E-state index >= 15 is 0 Å². The largest absolute Gasteiger partial charge is 0.480 e. The molecule has 0 aliphatic rings. The molecule has 0 aliphatic carbocycles. The molecule has 1 aromatic carbocycles. The van der Waals surface area contributed by atoms with E-state index in [1.807, 2.05) is 24.3 Å². The number of pyridine rings is 1. The first-order valence-corrected chi connectivity index (χ1v) is 7.80. The Morgan fingerprint density at radius 1 is 1.33 bits per heavy atom. The van der Waals surface area contributed by atoms with Gasteiger partial charge in [-0.15, -0.1) is 0 Å². The molecular formula is C17H20N4O3. The van der Waals surface area contributed by atoms with Crippen molar-refractivity contribution < 1.29 is 14.6 Å². The highest BCUT2D eigenvalue weighted by molar-refractivity contribution is 6.06. The third-order valence-corrected chi connectivity index (χ3v) is 3.69. The fraction of sp³-hybridized carbons (Fsp3) is 0.353. The molecule has 24 heavy (non-hydrogen) atoms. The Bertz CT molecular complexity index is 902. The highest BCUT2D eigenvalue weighted by atomic mass is 16.5. The fourth-order valence-electron chi connectivity index (χ4n) is 2.81. The minimum absolute atomic E-state index is 0.113. The summed E-state index contributed by atoms with van der Waals surface area (Å²) in [7, 11) is 0. The Morgan fingerprint density at radius 2 is 2.08 bits per heavy atom. The molecule has 0 aliphatic heterocycles. The van der Waals surface area contributed by atoms with Gasteiger partial charge in [-0.05, 0) is 12.0 Å². The number of para-hydroxylation sites is 1. The minimum atomic E-state index is -1.01. The second kappa shape index (κ2) is 6.45. The zero-order valence-electron chi connectivity index (χ0n) is 13.7. The summed E-state index contributed by atoms with van der Waals surface area (Å²) in [5.74, 6) is 0.400. The number of benzene rings is 1. The van der Waals surface area contributed by atoms with Gasteiger partial charge in [0, 0.05) is 11.9 Å². The molecule has 2 aromatic heterocycles. The summed E-state index contributed by atoms with van der Waals surface area (Å²) in [6.07, 6.45) is 0. The Balaban J connectivity index is 2.18. The van der Waals surface area contributed by atoms with Crippen LogP contribution in [0.4, 0.5) is 5.82 Å². The lowest BCUT2D eigenvalue weighted by molar-refractivity contribution is -0.142. The molecule has 0 amide bonds. The molecule has 0 unspecified atom stereocenters. The number of nitrogens with two attached hydrogens (primary N) is 1. The second-order valence-electron chi connectivity index (χ2n) is 6.13. The average Bonchev–Trinajstić information content (AvgIpc) is 2.86. The van der Waals surface area contributed by atoms with Crippen molar-refractivity contribution in [3.63, 3.8) is 0 Å². The summed E-state index contributed by atoms with van der Waals surface area (Å²) in [5.41, 5.74) is 8.45. The molecule has 0 saturated carbocycles. The quantitative estimate of drug-likeness (QED) is 0.720. The van der Waals surface area contributed by atoms with E-state index in [0.29, 0.717) is 23.1 Å². The first kappa shape index (κ1) is 16.2. The standard InChI is InChI=1S/C17H20N4O3/c1-10(2)7-21-13(8-24-9-14(22)23)20-15-16(21)11-5-3-4-6-12(11)19-17(15)18/h3-6,10H,7-9H2,1-2H3,(H2,18,19)(H,22,23). The monoisotopic (exact) mass is 328 g/mol. The van der Waals surface area contributed by atoms with Crippen LogP contribution in [0.15, 0.2) is 24.3 Å². The number of carboxylic acid groups (broad SMARTS) is 1. The fourth-order valence-corrected chi connectivity index (χ4v) is 2.81. The van der Waals surface area contributed by atoms with Crippen LogP contribution in [0.3, 0.4) is 0 Å². The van der Waals surface area contributed by atoms with E-state index in [-0.39, 0.29) is 13.2 Å². The van der Waals surface area contributed by atoms with E-state index in [0.717, 1.165) is 23.0 Å². The maximum atomic E-state index is 10.7. The van der Waals surface area contributed by atoms with Gasteiger partial charge in [-0.2, -0.15) is 0 Å². The maximum absolute atomic E-state index is 10.7. The van der Waals surface area contributed by atoms with Crippen molar-refractivity contribution >= 4 is 33.7 Å². The van der Waals surface area contributed by atoms with Crippen LogP contribution in [0.5, 0.6) is 0 Å². The molecule has 3 N–H and O–H groups in total. The summed E-state index contributed by atoms with van der Waals surface area (Å²) in [6.45, 7) is 4.71. The zero-order chi connectivity index (χ0) is 17.3. The SMILES string of the molecule is CC(C)Cn1c(COCC(=O)O)nc2c(N)nc3ccccc3c21. The van der Waals surface area contributed by atoms with Gasteiger partial charge in [-0.1, -0.05) is 32.0 Å². The number of rotatable bonds is 6. The summed E-state index contributed by atoms with van der Waals surface area (Å²) in [6, 6.07) is 7.77. The Hall–Kier alpha value is -2.67. The Morgan fingerprint density at radius 3 is 2.79 bits per heavy atom. The molecule has 7 heteroatoms. The number of imidazole rings is 1. The van der Waals surface area contributed by atoms with Crippen LogP contribution in [0.2, 0.25) is 0 Å². The third kappa shape index (κ3) is 3.03. The normalized spacial score (nSPS) is 11.6. The summed E-state index contributed by atoms with van der Waals surface area (Å²) in [5, 5.41) is 9.72. The first-order valence-electron chi connectivity index (χ1n) is 7.80. The number of hydrogen-bond acceptors (Lipinski definition) is 5. The van der Waals surface area contributed by atoms with Crippen molar-refractivity contribution in [2.24, 2.45) is 5.92 Å². The summed E-state index contributed by atoms with van der Waals surface area (Å²) >= 11 is 0. The van der Waals surface area contributed by atoms with Crippen molar-refractivity contribution in [3.05, 3.63) is 30.1 Å². The molecular weight excluding hydrogens is 308 g/mol. The molecule has 0 fully saturated rings. The van der Waals surface area contributed by atoms with Crippen LogP contribution in [-0.2, 0) is 22.7 Å². The number of carbonyl (C=O) groups is 1. The number of anilines is 1. The molecule has 0 saturated heterocycles. The zero-order valence-corrected chi connectivity index (χ0v) is 13.7. The van der Waals surface area contributed by atoms with Crippen molar-refractivity contribution in [2.75, 3.05) is 12.3 Å². The number of ether oxygens (including phenoxy) is 1. The summed E-state index contributed by atoms with van der Waals surface area (Å²) in [4.78, 5) is 19.7. The number of nitrogen functional groups attached to an aromatic ring is 1. The lowest BCUT2D eigenvalue weighted by atomic mass is 10.1. The van der Waals surface area contributed by atoms with Gasteiger partial charge in [-0.3, -0.25) is 0 Å². The topological polar surface area (TPSA) is 103 Å². The van der Waals surface area contributed by atoms with Crippen LogP contribution in [0.1, 0.15) is 19.7 Å². The van der Waals surface area contributed by atoms with Crippen LogP contribution < -0.4 is 5.73 Å². The molecule has 0 bridgehead atoms. The highest BCUT2D eigenvalue weighted by Crippen LogP contribution is 2.29. The van der Waals surface area contributed by atoms with Crippen molar-refractivity contribution in [1.82, 2.24) is 14.5 Å². The number of aliphatic carboxylic acids is 1. The number of nitrogens with zero attached hydrogens (tertiary/aromatic N) is 3. The minimum Gasteiger partial charge on any atom is -0.480 e. The predicted octanol–water partition coefficient (Wildman–Crippen LogP) is 2.42. The maximum Gasteiger partial charge on any atom is 0.329 e. The molecule has 126 valence electrons. The highest BCUT2D eigenvalue weighted by Gasteiger charge is 2.18. The number of hydrogen-bond donors (Lipinski definition) is 2. The number of fused-ring (bicyclic) bond motifs is 3. The van der Waals surface area contributed by atoms with Crippen molar-refractivity contribution in [3.8, 4) is 0 Å². The molecule has 0 radical (unpaired) electrons. The van der Waals surface area contributed by atoms with E-state index in [9.17, 15) is 4.79 Å². The van der Waals surface area contributed by atoms with Crippen LogP contribution in [0, 0.1) is 5.92 Å². The molecule has 7 nitrogen and oxygen atoms in total. The Kier molecular flexibility index (Phi) is 4.35. The second-order valence-corrected chi connectivity index (χ2v) is 6.13. The van der Waals surface area contributed by atoms with E-state index < -0.39 is 5.97 Å². The number of aromatic nitrogens is 3. The van der Waals surface area contributed by atoms with Gasteiger partial charge in [0.1, 0.15) is 24.6 Å². The third-order valence-electron chi connectivity index (χ3n) is 3.69. The van der Waals surface area contributed by atoms with Gasteiger partial charge in [0.15, 0.2) is 5.82 Å². The lowest BCUT2D eigenvalue weighted by Gasteiger charge is -2.13. The van der Waals surface area contributed by atoms with Gasteiger partial charge < -0.3 is 20.1 Å². The molecule has 0 atom stereocenters. The van der Waals surface area contributed by atoms with Gasteiger partial charge >= 0.3 is 5.97 Å². The van der Waals surface area contributed by atoms with Crippen LogP contribution in [-0.4, -0.2) is 32.2 Å². The van der Waals surface area contributed by atoms with Crippen molar-refractivity contribution in [1.29, 1.82) is 0 Å². The number of carboxylic acids is 1. The summed E-state index contributed by atoms with van der Waals surface area (Å²) < 4.78 is 7.30. The van der Waals surface area contributed by atoms with Gasteiger partial charge in [-0.25, -0.2) is 14.8 Å². The van der Waals surface area contributed by atoms with Crippen molar-refractivity contribution in [2.45, 2.75) is 27.0 Å². The van der Waals surface area contributed by atoms with Gasteiger partial charge in [0.05, 0.1) is 11.0 Å². The Labute approximate surface area is 139 Å². The lowest BCUT2D eigenvalue weighted by Crippen LogP contribution is -2.12. The van der Waals surface area contributed by atoms with Gasteiger partial charge in [0.25, 0.3) is 0 Å². The van der Waals surface area contributed by atoms with Gasteiger partial charge in [0.2, 0.25) is 0 Å². The average molecular weight is 328 g/mol. The molecule has 3 rings (SSSR count). The van der Waals surface area contributed by atoms with E-state index in [4.69, 9.17) is 15.6 Å².